The van der Waals surface area contributed by atoms with Gasteiger partial charge in [0.1, 0.15) is 0 Å². The summed E-state index contributed by atoms with van der Waals surface area (Å²) in [6.45, 7) is 2.08. The number of ether oxygens (including phenoxy) is 1. The van der Waals surface area contributed by atoms with Crippen LogP contribution in [0.3, 0.4) is 0 Å². The van der Waals surface area contributed by atoms with E-state index >= 15 is 0 Å². The number of aromatic hydroxyl groups is 1. The minimum absolute atomic E-state index is 0.0149. The van der Waals surface area contributed by atoms with Gasteiger partial charge in [0.05, 0.1) is 24.3 Å². The third-order valence-corrected chi connectivity index (χ3v) is 3.86. The SMILES string of the molecule is COc1cc(/C=N\NC(=O)CNc2ccccc2C)cc(Br)c1O. The van der Waals surface area contributed by atoms with Crippen molar-refractivity contribution in [1.82, 2.24) is 5.43 Å². The number of phenols is 1. The van der Waals surface area contributed by atoms with E-state index in [0.29, 0.717) is 15.8 Å². The summed E-state index contributed by atoms with van der Waals surface area (Å²) in [6.07, 6.45) is 1.47. The molecule has 7 heteroatoms. The molecule has 0 radical (unpaired) electrons. The fraction of sp³-hybridized carbons (Fsp3) is 0.176. The Kier molecular flexibility index (Phi) is 6.20. The molecule has 1 amide bonds. The first-order valence-corrected chi connectivity index (χ1v) is 7.98. The van der Waals surface area contributed by atoms with E-state index in [0.717, 1.165) is 11.3 Å². The molecule has 2 aromatic carbocycles. The van der Waals surface area contributed by atoms with Crippen molar-refractivity contribution in [2.24, 2.45) is 5.10 Å². The van der Waals surface area contributed by atoms with Crippen molar-refractivity contribution in [3.63, 3.8) is 0 Å². The van der Waals surface area contributed by atoms with Gasteiger partial charge in [0, 0.05) is 5.69 Å². The van der Waals surface area contributed by atoms with Gasteiger partial charge in [-0.3, -0.25) is 4.79 Å². The molecule has 126 valence electrons. The number of halogens is 1. The number of carbonyl (C=O) groups is 1. The topological polar surface area (TPSA) is 83.0 Å². The largest absolute Gasteiger partial charge is 0.503 e. The van der Waals surface area contributed by atoms with Crippen LogP contribution in [0.15, 0.2) is 46.0 Å². The van der Waals surface area contributed by atoms with Crippen molar-refractivity contribution in [1.29, 1.82) is 0 Å². The number of aryl methyl sites for hydroxylation is 1. The minimum atomic E-state index is -0.265. The van der Waals surface area contributed by atoms with Crippen molar-refractivity contribution in [2.45, 2.75) is 6.92 Å². The van der Waals surface area contributed by atoms with Crippen molar-refractivity contribution in [3.05, 3.63) is 52.0 Å². The Morgan fingerprint density at radius 1 is 1.38 bits per heavy atom. The molecular formula is C17H18BrN3O3. The molecule has 0 aliphatic carbocycles. The molecule has 0 aromatic heterocycles. The first-order valence-electron chi connectivity index (χ1n) is 7.19. The van der Waals surface area contributed by atoms with Crippen LogP contribution < -0.4 is 15.5 Å². The van der Waals surface area contributed by atoms with Crippen LogP contribution in [-0.2, 0) is 4.79 Å². The van der Waals surface area contributed by atoms with Crippen LogP contribution in [0.5, 0.6) is 11.5 Å². The number of hydrogen-bond donors (Lipinski definition) is 3. The Morgan fingerprint density at radius 3 is 2.83 bits per heavy atom. The van der Waals surface area contributed by atoms with Gasteiger partial charge in [0.2, 0.25) is 0 Å². The Bertz CT molecular complexity index is 763. The highest BCUT2D eigenvalue weighted by atomic mass is 79.9. The Balaban J connectivity index is 1.91. The molecule has 3 N–H and O–H groups in total. The molecule has 0 atom stereocenters. The smallest absolute Gasteiger partial charge is 0.259 e. The summed E-state index contributed by atoms with van der Waals surface area (Å²) in [5, 5.41) is 16.7. The number of nitrogens with zero attached hydrogens (tertiary/aromatic N) is 1. The van der Waals surface area contributed by atoms with E-state index in [1.165, 1.54) is 13.3 Å². The van der Waals surface area contributed by atoms with Crippen LogP contribution in [0, 0.1) is 6.92 Å². The summed E-state index contributed by atoms with van der Waals surface area (Å²) in [5.74, 6) is 0.0683. The predicted octanol–water partition coefficient (Wildman–Crippen LogP) is 3.03. The van der Waals surface area contributed by atoms with Gasteiger partial charge < -0.3 is 15.2 Å². The van der Waals surface area contributed by atoms with Gasteiger partial charge in [-0.2, -0.15) is 5.10 Å². The number of rotatable bonds is 6. The molecule has 0 saturated heterocycles. The van der Waals surface area contributed by atoms with E-state index in [4.69, 9.17) is 4.74 Å². The number of amides is 1. The summed E-state index contributed by atoms with van der Waals surface area (Å²) in [7, 11) is 1.46. The molecule has 6 nitrogen and oxygen atoms in total. The van der Waals surface area contributed by atoms with Crippen LogP contribution in [0.2, 0.25) is 0 Å². The molecule has 0 fully saturated rings. The summed E-state index contributed by atoms with van der Waals surface area (Å²) in [4.78, 5) is 11.8. The first-order chi connectivity index (χ1) is 11.5. The fourth-order valence-electron chi connectivity index (χ4n) is 1.99. The Morgan fingerprint density at radius 2 is 2.12 bits per heavy atom. The van der Waals surface area contributed by atoms with Gasteiger partial charge in [-0.25, -0.2) is 5.43 Å². The monoisotopic (exact) mass is 391 g/mol. The summed E-state index contributed by atoms with van der Waals surface area (Å²) >= 11 is 3.23. The second-order valence-corrected chi connectivity index (χ2v) is 5.87. The molecule has 24 heavy (non-hydrogen) atoms. The van der Waals surface area contributed by atoms with E-state index in [1.54, 1.807) is 12.1 Å². The molecule has 2 rings (SSSR count). The summed E-state index contributed by atoms with van der Waals surface area (Å²) in [6, 6.07) is 11.0. The molecule has 0 aliphatic rings. The number of anilines is 1. The average Bonchev–Trinajstić information content (AvgIpc) is 2.57. The third-order valence-electron chi connectivity index (χ3n) is 3.26. The second-order valence-electron chi connectivity index (χ2n) is 5.02. The van der Waals surface area contributed by atoms with Crippen LogP contribution in [0.1, 0.15) is 11.1 Å². The summed E-state index contributed by atoms with van der Waals surface area (Å²) < 4.78 is 5.54. The van der Waals surface area contributed by atoms with Crippen molar-refractivity contribution in [3.8, 4) is 11.5 Å². The molecule has 2 aromatic rings. The molecule has 0 heterocycles. The third kappa shape index (κ3) is 4.73. The number of para-hydroxylation sites is 1. The van der Waals surface area contributed by atoms with Crippen LogP contribution in [0.4, 0.5) is 5.69 Å². The second kappa shape index (κ2) is 8.35. The molecule has 0 saturated carbocycles. The normalized spacial score (nSPS) is 10.6. The van der Waals surface area contributed by atoms with E-state index in [9.17, 15) is 9.90 Å². The highest BCUT2D eigenvalue weighted by molar-refractivity contribution is 9.10. The van der Waals surface area contributed by atoms with Crippen molar-refractivity contribution >= 4 is 33.7 Å². The molecule has 0 unspecified atom stereocenters. The molecule has 0 bridgehead atoms. The van der Waals surface area contributed by atoms with Gasteiger partial charge in [-0.05, 0) is 52.2 Å². The van der Waals surface area contributed by atoms with E-state index < -0.39 is 0 Å². The van der Waals surface area contributed by atoms with Gasteiger partial charge in [-0.15, -0.1) is 0 Å². The zero-order valence-electron chi connectivity index (χ0n) is 13.3. The standard InChI is InChI=1S/C17H18BrN3O3/c1-11-5-3-4-6-14(11)19-10-16(22)21-20-9-12-7-13(18)17(23)15(8-12)24-2/h3-9,19,23H,10H2,1-2H3,(H,21,22)/b20-9-. The van der Waals surface area contributed by atoms with Gasteiger partial charge in [-0.1, -0.05) is 18.2 Å². The lowest BCUT2D eigenvalue weighted by atomic mass is 10.2. The van der Waals surface area contributed by atoms with Crippen LogP contribution >= 0.6 is 15.9 Å². The average molecular weight is 392 g/mol. The highest BCUT2D eigenvalue weighted by Crippen LogP contribution is 2.34. The Labute approximate surface area is 148 Å². The van der Waals surface area contributed by atoms with Gasteiger partial charge in [0.25, 0.3) is 5.91 Å². The summed E-state index contributed by atoms with van der Waals surface area (Å²) in [5.41, 5.74) is 5.08. The highest BCUT2D eigenvalue weighted by Gasteiger charge is 2.07. The number of methoxy groups -OCH3 is 1. The van der Waals surface area contributed by atoms with Gasteiger partial charge in [0.15, 0.2) is 11.5 Å². The van der Waals surface area contributed by atoms with Crippen LogP contribution in [0.25, 0.3) is 0 Å². The zero-order valence-corrected chi connectivity index (χ0v) is 14.9. The quantitative estimate of drug-likeness (QED) is 0.521. The molecular weight excluding hydrogens is 374 g/mol. The van der Waals surface area contributed by atoms with E-state index in [-0.39, 0.29) is 18.2 Å². The minimum Gasteiger partial charge on any atom is -0.503 e. The zero-order chi connectivity index (χ0) is 17.5. The van der Waals surface area contributed by atoms with E-state index in [2.05, 4.69) is 31.8 Å². The number of nitrogens with one attached hydrogen (secondary N) is 2. The lowest BCUT2D eigenvalue weighted by molar-refractivity contribution is -0.119. The van der Waals surface area contributed by atoms with Gasteiger partial charge >= 0.3 is 0 Å². The van der Waals surface area contributed by atoms with Crippen LogP contribution in [-0.4, -0.2) is 30.9 Å². The Hall–Kier alpha value is -2.54. The van der Waals surface area contributed by atoms with Crippen molar-refractivity contribution in [2.75, 3.05) is 19.0 Å². The molecule has 0 spiro atoms. The number of phenolic OH excluding ortho intramolecular Hbond substituents is 1. The predicted molar refractivity (Wildman–Crippen MR) is 97.8 cm³/mol. The maximum absolute atomic E-state index is 11.8. The number of benzene rings is 2. The lowest BCUT2D eigenvalue weighted by Crippen LogP contribution is -2.26. The van der Waals surface area contributed by atoms with E-state index in [1.807, 2.05) is 31.2 Å². The maximum atomic E-state index is 11.8. The van der Waals surface area contributed by atoms with Crippen molar-refractivity contribution < 1.29 is 14.6 Å². The molecule has 0 aliphatic heterocycles. The first kappa shape index (κ1) is 17.8. The lowest BCUT2D eigenvalue weighted by Gasteiger charge is -2.08. The fourth-order valence-corrected chi connectivity index (χ4v) is 2.45. The number of carbonyl (C=O) groups excluding carboxylic acids is 1. The number of hydrazone groups is 1. The number of hydrogen-bond acceptors (Lipinski definition) is 5. The maximum Gasteiger partial charge on any atom is 0.259 e.